The van der Waals surface area contributed by atoms with Crippen LogP contribution in [0.2, 0.25) is 0 Å². The van der Waals surface area contributed by atoms with E-state index in [2.05, 4.69) is 10.4 Å². The third-order valence-corrected chi connectivity index (χ3v) is 4.35. The molecular formula is C19H20N4O2. The van der Waals surface area contributed by atoms with Crippen LogP contribution in [0.25, 0.3) is 11.5 Å². The van der Waals surface area contributed by atoms with Gasteiger partial charge in [-0.1, -0.05) is 18.2 Å². The molecule has 0 saturated carbocycles. The molecule has 4 rings (SSSR count). The van der Waals surface area contributed by atoms with Crippen LogP contribution in [-0.2, 0) is 4.74 Å². The third kappa shape index (κ3) is 3.21. The Labute approximate surface area is 146 Å². The first-order valence-electron chi connectivity index (χ1n) is 8.49. The van der Waals surface area contributed by atoms with Gasteiger partial charge in [-0.3, -0.25) is 4.79 Å². The van der Waals surface area contributed by atoms with Crippen LogP contribution in [0.4, 0.5) is 0 Å². The quantitative estimate of drug-likeness (QED) is 0.779. The maximum absolute atomic E-state index is 12.7. The van der Waals surface area contributed by atoms with Crippen molar-refractivity contribution in [1.82, 2.24) is 19.7 Å². The van der Waals surface area contributed by atoms with Gasteiger partial charge in [0.2, 0.25) is 0 Å². The number of para-hydroxylation sites is 1. The van der Waals surface area contributed by atoms with Gasteiger partial charge in [-0.25, -0.2) is 4.68 Å². The van der Waals surface area contributed by atoms with Crippen molar-refractivity contribution >= 4 is 5.91 Å². The summed E-state index contributed by atoms with van der Waals surface area (Å²) in [4.78, 5) is 12.7. The number of hydrogen-bond donors (Lipinski definition) is 1. The minimum atomic E-state index is -0.138. The third-order valence-electron chi connectivity index (χ3n) is 4.35. The molecule has 6 heteroatoms. The van der Waals surface area contributed by atoms with E-state index in [0.717, 1.165) is 31.0 Å². The number of carbonyl (C=O) groups is 1. The van der Waals surface area contributed by atoms with E-state index in [-0.39, 0.29) is 12.0 Å². The molecular weight excluding hydrogens is 316 g/mol. The van der Waals surface area contributed by atoms with Gasteiger partial charge in [-0.05, 0) is 37.1 Å². The van der Waals surface area contributed by atoms with E-state index < -0.39 is 0 Å². The molecule has 1 aliphatic rings. The fourth-order valence-electron chi connectivity index (χ4n) is 3.09. The van der Waals surface area contributed by atoms with Gasteiger partial charge in [0.05, 0.1) is 18.0 Å². The number of carbonyl (C=O) groups excluding carboxylic acids is 1. The van der Waals surface area contributed by atoms with Crippen molar-refractivity contribution in [2.24, 2.45) is 0 Å². The summed E-state index contributed by atoms with van der Waals surface area (Å²) in [7, 11) is 0. The highest BCUT2D eigenvalue weighted by Gasteiger charge is 2.22. The first-order valence-corrected chi connectivity index (χ1v) is 8.49. The SMILES string of the molecule is O=C(NC[C@H]1CCCO1)c1cnn(-c2ccccc2)c1-n1cccc1. The van der Waals surface area contributed by atoms with Gasteiger partial charge < -0.3 is 14.6 Å². The highest BCUT2D eigenvalue weighted by Crippen LogP contribution is 2.20. The maximum Gasteiger partial charge on any atom is 0.256 e. The van der Waals surface area contributed by atoms with E-state index >= 15 is 0 Å². The lowest BCUT2D eigenvalue weighted by atomic mass is 10.2. The predicted octanol–water partition coefficient (Wildman–Crippen LogP) is 2.57. The van der Waals surface area contributed by atoms with E-state index in [0.29, 0.717) is 12.1 Å². The highest BCUT2D eigenvalue weighted by atomic mass is 16.5. The van der Waals surface area contributed by atoms with Crippen LogP contribution in [0.1, 0.15) is 23.2 Å². The zero-order valence-corrected chi connectivity index (χ0v) is 13.8. The standard InChI is InChI=1S/C19H20N4O2/c24-18(20-13-16-9-6-12-25-16)17-14-21-23(15-7-2-1-3-8-15)19(17)22-10-4-5-11-22/h1-5,7-8,10-11,14,16H,6,9,12-13H2,(H,20,24)/t16-/m1/s1. The Morgan fingerprint density at radius 3 is 2.72 bits per heavy atom. The molecule has 1 saturated heterocycles. The van der Waals surface area contributed by atoms with E-state index in [4.69, 9.17) is 4.74 Å². The number of hydrogen-bond acceptors (Lipinski definition) is 3. The lowest BCUT2D eigenvalue weighted by molar-refractivity contribution is 0.0857. The summed E-state index contributed by atoms with van der Waals surface area (Å²) in [5.74, 6) is 0.586. The van der Waals surface area contributed by atoms with Crippen LogP contribution in [-0.4, -0.2) is 39.5 Å². The summed E-state index contributed by atoms with van der Waals surface area (Å²) < 4.78 is 9.26. The first-order chi connectivity index (χ1) is 12.3. The zero-order valence-electron chi connectivity index (χ0n) is 13.8. The second kappa shape index (κ2) is 6.94. The molecule has 1 N–H and O–H groups in total. The van der Waals surface area contributed by atoms with Crippen LogP contribution in [0.5, 0.6) is 0 Å². The van der Waals surface area contributed by atoms with E-state index in [9.17, 15) is 4.79 Å². The molecule has 1 fully saturated rings. The van der Waals surface area contributed by atoms with Crippen LogP contribution in [0.15, 0.2) is 61.1 Å². The number of nitrogens with one attached hydrogen (secondary N) is 1. The number of nitrogens with zero attached hydrogens (tertiary/aromatic N) is 3. The van der Waals surface area contributed by atoms with E-state index in [1.807, 2.05) is 59.4 Å². The molecule has 0 bridgehead atoms. The molecule has 2 aromatic heterocycles. The van der Waals surface area contributed by atoms with Crippen LogP contribution in [0, 0.1) is 0 Å². The summed E-state index contributed by atoms with van der Waals surface area (Å²) in [6.07, 6.45) is 7.60. The highest BCUT2D eigenvalue weighted by molar-refractivity contribution is 5.97. The van der Waals surface area contributed by atoms with Crippen molar-refractivity contribution in [2.45, 2.75) is 18.9 Å². The predicted molar refractivity (Wildman–Crippen MR) is 94.2 cm³/mol. The fraction of sp³-hybridized carbons (Fsp3) is 0.263. The van der Waals surface area contributed by atoms with Crippen LogP contribution < -0.4 is 5.32 Å². The van der Waals surface area contributed by atoms with E-state index in [1.165, 1.54) is 0 Å². The summed E-state index contributed by atoms with van der Waals surface area (Å²) >= 11 is 0. The summed E-state index contributed by atoms with van der Waals surface area (Å²) in [5.41, 5.74) is 1.45. The van der Waals surface area contributed by atoms with Gasteiger partial charge in [0.15, 0.2) is 5.82 Å². The second-order valence-electron chi connectivity index (χ2n) is 6.06. The Morgan fingerprint density at radius 2 is 2.00 bits per heavy atom. The van der Waals surface area contributed by atoms with E-state index in [1.54, 1.807) is 10.9 Å². The van der Waals surface area contributed by atoms with Gasteiger partial charge >= 0.3 is 0 Å². The molecule has 25 heavy (non-hydrogen) atoms. The Bertz CT molecular complexity index is 834. The molecule has 1 amide bonds. The Kier molecular flexibility index (Phi) is 4.35. The average Bonchev–Trinajstić information content (AvgIpc) is 3.41. The lowest BCUT2D eigenvalue weighted by Crippen LogP contribution is -2.32. The molecule has 0 spiro atoms. The smallest absolute Gasteiger partial charge is 0.256 e. The maximum atomic E-state index is 12.7. The summed E-state index contributed by atoms with van der Waals surface area (Å²) in [6, 6.07) is 13.6. The summed E-state index contributed by atoms with van der Waals surface area (Å²) in [5, 5.41) is 7.42. The molecule has 128 valence electrons. The lowest BCUT2D eigenvalue weighted by Gasteiger charge is -2.13. The van der Waals surface area contributed by atoms with Gasteiger partial charge in [0.25, 0.3) is 5.91 Å². The van der Waals surface area contributed by atoms with Gasteiger partial charge in [-0.15, -0.1) is 0 Å². The number of rotatable bonds is 5. The van der Waals surface area contributed by atoms with Crippen molar-refractivity contribution in [3.63, 3.8) is 0 Å². The van der Waals surface area contributed by atoms with Crippen LogP contribution >= 0.6 is 0 Å². The molecule has 1 atom stereocenters. The molecule has 0 aliphatic carbocycles. The molecule has 0 radical (unpaired) electrons. The largest absolute Gasteiger partial charge is 0.376 e. The molecule has 0 unspecified atom stereocenters. The normalized spacial score (nSPS) is 16.9. The van der Waals surface area contributed by atoms with Gasteiger partial charge in [0.1, 0.15) is 5.56 Å². The van der Waals surface area contributed by atoms with Crippen molar-refractivity contribution in [2.75, 3.05) is 13.2 Å². The number of aromatic nitrogens is 3. The van der Waals surface area contributed by atoms with Crippen molar-refractivity contribution in [3.8, 4) is 11.5 Å². The zero-order chi connectivity index (χ0) is 17.1. The van der Waals surface area contributed by atoms with Crippen LogP contribution in [0.3, 0.4) is 0 Å². The topological polar surface area (TPSA) is 61.1 Å². The molecule has 6 nitrogen and oxygen atoms in total. The molecule has 3 heterocycles. The van der Waals surface area contributed by atoms with Gasteiger partial charge in [0, 0.05) is 25.5 Å². The second-order valence-corrected chi connectivity index (χ2v) is 6.06. The number of ether oxygens (including phenoxy) is 1. The first kappa shape index (κ1) is 15.7. The van der Waals surface area contributed by atoms with Crippen molar-refractivity contribution < 1.29 is 9.53 Å². The monoisotopic (exact) mass is 336 g/mol. The number of amides is 1. The molecule has 1 aromatic carbocycles. The molecule has 3 aromatic rings. The number of benzene rings is 1. The average molecular weight is 336 g/mol. The minimum Gasteiger partial charge on any atom is -0.376 e. The Hall–Kier alpha value is -2.86. The summed E-state index contributed by atoms with van der Waals surface area (Å²) in [6.45, 7) is 1.31. The van der Waals surface area contributed by atoms with Gasteiger partial charge in [-0.2, -0.15) is 5.10 Å². The van der Waals surface area contributed by atoms with Crippen molar-refractivity contribution in [3.05, 3.63) is 66.6 Å². The minimum absolute atomic E-state index is 0.114. The Balaban J connectivity index is 1.65. The van der Waals surface area contributed by atoms with Crippen molar-refractivity contribution in [1.29, 1.82) is 0 Å². The fourth-order valence-corrected chi connectivity index (χ4v) is 3.09. The Morgan fingerprint density at radius 1 is 1.20 bits per heavy atom. The molecule has 1 aliphatic heterocycles.